The SMILES string of the molecule is CN=C(NCc1cc(F)ccc1CS(C)(=O)=O)NCC(C)N(C)Cc1ccccc1.I. The van der Waals surface area contributed by atoms with E-state index in [1.807, 2.05) is 18.2 Å². The summed E-state index contributed by atoms with van der Waals surface area (Å²) in [4.78, 5) is 6.45. The van der Waals surface area contributed by atoms with Crippen LogP contribution < -0.4 is 10.6 Å². The lowest BCUT2D eigenvalue weighted by Crippen LogP contribution is -2.44. The molecule has 6 nitrogen and oxygen atoms in total. The van der Waals surface area contributed by atoms with Gasteiger partial charge in [-0.15, -0.1) is 24.0 Å². The third-order valence-electron chi connectivity index (χ3n) is 4.85. The molecule has 9 heteroatoms. The second kappa shape index (κ2) is 13.0. The van der Waals surface area contributed by atoms with Crippen molar-refractivity contribution in [1.29, 1.82) is 0 Å². The standard InChI is InChI=1S/C22H31FN4O2S.HI/c1-17(27(3)15-18-8-6-5-7-9-18)13-25-22(24-2)26-14-20-12-21(23)11-10-19(20)16-30(4,28)29;/h5-12,17H,13-16H2,1-4H3,(H2,24,25,26);1H. The van der Waals surface area contributed by atoms with Crippen LogP contribution >= 0.6 is 24.0 Å². The van der Waals surface area contributed by atoms with Crippen molar-refractivity contribution in [2.75, 3.05) is 26.9 Å². The third-order valence-corrected chi connectivity index (χ3v) is 5.68. The molecule has 2 rings (SSSR count). The molecule has 0 aliphatic carbocycles. The van der Waals surface area contributed by atoms with Gasteiger partial charge in [0.1, 0.15) is 5.82 Å². The summed E-state index contributed by atoms with van der Waals surface area (Å²) in [6.45, 7) is 3.91. The Balaban J connectivity index is 0.00000480. The van der Waals surface area contributed by atoms with Gasteiger partial charge in [-0.2, -0.15) is 0 Å². The van der Waals surface area contributed by atoms with Crippen molar-refractivity contribution in [2.24, 2.45) is 4.99 Å². The van der Waals surface area contributed by atoms with Gasteiger partial charge in [0.05, 0.1) is 5.75 Å². The van der Waals surface area contributed by atoms with Crippen LogP contribution in [-0.2, 0) is 28.7 Å². The Bertz CT molecular complexity index is 955. The fourth-order valence-corrected chi connectivity index (χ4v) is 3.86. The summed E-state index contributed by atoms with van der Waals surface area (Å²) in [6, 6.07) is 14.7. The summed E-state index contributed by atoms with van der Waals surface area (Å²) in [6.07, 6.45) is 1.17. The summed E-state index contributed by atoms with van der Waals surface area (Å²) in [5, 5.41) is 6.42. The average Bonchev–Trinajstić information content (AvgIpc) is 2.69. The molecule has 0 saturated heterocycles. The van der Waals surface area contributed by atoms with Gasteiger partial charge in [0.2, 0.25) is 0 Å². The van der Waals surface area contributed by atoms with Gasteiger partial charge in [-0.25, -0.2) is 12.8 Å². The number of guanidine groups is 1. The van der Waals surface area contributed by atoms with Crippen molar-refractivity contribution in [3.05, 3.63) is 71.0 Å². The van der Waals surface area contributed by atoms with Crippen LogP contribution in [0.4, 0.5) is 4.39 Å². The molecular weight excluding hydrogens is 530 g/mol. The van der Waals surface area contributed by atoms with Crippen LogP contribution in [0.25, 0.3) is 0 Å². The summed E-state index contributed by atoms with van der Waals surface area (Å²) >= 11 is 0. The van der Waals surface area contributed by atoms with Crippen molar-refractivity contribution in [3.8, 4) is 0 Å². The molecule has 0 aliphatic heterocycles. The number of aliphatic imine (C=N–C) groups is 1. The highest BCUT2D eigenvalue weighted by atomic mass is 127. The number of likely N-dealkylation sites (N-methyl/N-ethyl adjacent to an activating group) is 1. The van der Waals surface area contributed by atoms with Gasteiger partial charge in [-0.1, -0.05) is 36.4 Å². The van der Waals surface area contributed by atoms with Crippen molar-refractivity contribution in [3.63, 3.8) is 0 Å². The van der Waals surface area contributed by atoms with Crippen molar-refractivity contribution < 1.29 is 12.8 Å². The van der Waals surface area contributed by atoms with Crippen LogP contribution in [0.5, 0.6) is 0 Å². The highest BCUT2D eigenvalue weighted by Gasteiger charge is 2.13. The number of hydrogen-bond donors (Lipinski definition) is 2. The number of nitrogens with one attached hydrogen (secondary N) is 2. The third kappa shape index (κ3) is 9.96. The minimum atomic E-state index is -3.22. The minimum Gasteiger partial charge on any atom is -0.355 e. The Morgan fingerprint density at radius 2 is 1.81 bits per heavy atom. The summed E-state index contributed by atoms with van der Waals surface area (Å²) < 4.78 is 37.0. The van der Waals surface area contributed by atoms with Gasteiger partial charge in [-0.05, 0) is 42.8 Å². The lowest BCUT2D eigenvalue weighted by atomic mass is 10.1. The van der Waals surface area contributed by atoms with E-state index in [2.05, 4.69) is 46.6 Å². The van der Waals surface area contributed by atoms with Gasteiger partial charge < -0.3 is 10.6 Å². The normalized spacial score (nSPS) is 12.9. The second-order valence-corrected chi connectivity index (χ2v) is 9.68. The van der Waals surface area contributed by atoms with Crippen molar-refractivity contribution in [2.45, 2.75) is 31.8 Å². The van der Waals surface area contributed by atoms with Crippen LogP contribution in [0.2, 0.25) is 0 Å². The molecule has 0 fully saturated rings. The lowest BCUT2D eigenvalue weighted by Gasteiger charge is -2.26. The van der Waals surface area contributed by atoms with E-state index in [1.165, 1.54) is 30.0 Å². The molecule has 172 valence electrons. The molecule has 31 heavy (non-hydrogen) atoms. The number of halogens is 2. The maximum absolute atomic E-state index is 13.7. The van der Waals surface area contributed by atoms with Crippen LogP contribution in [0.3, 0.4) is 0 Å². The molecule has 0 aliphatic rings. The smallest absolute Gasteiger partial charge is 0.191 e. The van der Waals surface area contributed by atoms with Crippen LogP contribution in [0, 0.1) is 5.82 Å². The molecule has 2 aromatic rings. The number of nitrogens with zero attached hydrogens (tertiary/aromatic N) is 2. The Hall–Kier alpha value is -1.72. The number of rotatable bonds is 9. The summed E-state index contributed by atoms with van der Waals surface area (Å²) in [7, 11) is 0.517. The Kier molecular flexibility index (Phi) is 11.4. The molecule has 0 radical (unpaired) electrons. The molecule has 0 amide bonds. The second-order valence-electron chi connectivity index (χ2n) is 7.54. The molecule has 0 spiro atoms. The van der Waals surface area contributed by atoms with Gasteiger partial charge in [0.15, 0.2) is 15.8 Å². The van der Waals surface area contributed by atoms with Crippen molar-refractivity contribution in [1.82, 2.24) is 15.5 Å². The number of sulfone groups is 1. The van der Waals surface area contributed by atoms with Crippen LogP contribution in [-0.4, -0.2) is 52.2 Å². The van der Waals surface area contributed by atoms with Gasteiger partial charge in [0, 0.05) is 39.0 Å². The zero-order valence-electron chi connectivity index (χ0n) is 18.4. The van der Waals surface area contributed by atoms with E-state index in [1.54, 1.807) is 7.05 Å². The first kappa shape index (κ1) is 27.3. The molecule has 0 saturated carbocycles. The predicted octanol–water partition coefficient (Wildman–Crippen LogP) is 3.17. The fraction of sp³-hybridized carbons (Fsp3) is 0.409. The Labute approximate surface area is 202 Å². The highest BCUT2D eigenvalue weighted by Crippen LogP contribution is 2.14. The molecule has 2 N–H and O–H groups in total. The molecule has 0 aromatic heterocycles. The summed E-state index contributed by atoms with van der Waals surface area (Å²) in [5.74, 6) is 0.0464. The lowest BCUT2D eigenvalue weighted by molar-refractivity contribution is 0.249. The first-order valence-corrected chi connectivity index (χ1v) is 11.9. The molecular formula is C22H32FIN4O2S. The topological polar surface area (TPSA) is 73.8 Å². The quantitative estimate of drug-likeness (QED) is 0.279. The molecule has 0 heterocycles. The fourth-order valence-electron chi connectivity index (χ4n) is 3.01. The van der Waals surface area contributed by atoms with E-state index in [9.17, 15) is 12.8 Å². The first-order valence-electron chi connectivity index (χ1n) is 9.81. The highest BCUT2D eigenvalue weighted by molar-refractivity contribution is 14.0. The first-order chi connectivity index (χ1) is 14.2. The van der Waals surface area contributed by atoms with Gasteiger partial charge >= 0.3 is 0 Å². The van der Waals surface area contributed by atoms with Crippen LogP contribution in [0.1, 0.15) is 23.6 Å². The van der Waals surface area contributed by atoms with Gasteiger partial charge in [0.25, 0.3) is 0 Å². The van der Waals surface area contributed by atoms with E-state index in [-0.39, 0.29) is 42.3 Å². The molecule has 0 bridgehead atoms. The van der Waals surface area contributed by atoms with E-state index >= 15 is 0 Å². The zero-order valence-corrected chi connectivity index (χ0v) is 21.6. The van der Waals surface area contributed by atoms with E-state index < -0.39 is 15.7 Å². The Morgan fingerprint density at radius 3 is 2.42 bits per heavy atom. The Morgan fingerprint density at radius 1 is 1.13 bits per heavy atom. The predicted molar refractivity (Wildman–Crippen MR) is 136 cm³/mol. The molecule has 1 unspecified atom stereocenters. The molecule has 1 atom stereocenters. The van der Waals surface area contributed by atoms with Crippen LogP contribution in [0.15, 0.2) is 53.5 Å². The number of hydrogen-bond acceptors (Lipinski definition) is 4. The van der Waals surface area contributed by atoms with E-state index in [0.717, 1.165) is 6.54 Å². The van der Waals surface area contributed by atoms with E-state index in [0.29, 0.717) is 23.6 Å². The summed E-state index contributed by atoms with van der Waals surface area (Å²) in [5.41, 5.74) is 2.43. The van der Waals surface area contributed by atoms with Gasteiger partial charge in [-0.3, -0.25) is 9.89 Å². The monoisotopic (exact) mass is 562 g/mol. The molecule has 2 aromatic carbocycles. The van der Waals surface area contributed by atoms with E-state index in [4.69, 9.17) is 0 Å². The maximum atomic E-state index is 13.7. The largest absolute Gasteiger partial charge is 0.355 e. The van der Waals surface area contributed by atoms with Crippen molar-refractivity contribution >= 4 is 39.8 Å². The number of benzene rings is 2. The zero-order chi connectivity index (χ0) is 22.1. The average molecular weight is 562 g/mol. The maximum Gasteiger partial charge on any atom is 0.191 e. The minimum absolute atomic E-state index is 0.